The summed E-state index contributed by atoms with van der Waals surface area (Å²) >= 11 is 10.8. The van der Waals surface area contributed by atoms with Crippen LogP contribution in [0.1, 0.15) is 0 Å². The molecule has 1 unspecified atom stereocenters. The second-order valence-corrected chi connectivity index (χ2v) is 2.43. The van der Waals surface area contributed by atoms with E-state index >= 15 is 0 Å². The number of rotatable bonds is 3. The van der Waals surface area contributed by atoms with Crippen molar-refractivity contribution in [2.45, 2.75) is 10.9 Å². The van der Waals surface area contributed by atoms with Crippen LogP contribution in [0.3, 0.4) is 0 Å². The Morgan fingerprint density at radius 3 is 2.12 bits per heavy atom. The van der Waals surface area contributed by atoms with Crippen LogP contribution in [0, 0.1) is 0 Å². The third-order valence-electron chi connectivity index (χ3n) is 0.753. The largest absolute Gasteiger partial charge is 0.375 e. The molecule has 0 aliphatic carbocycles. The third kappa shape index (κ3) is 2.55. The topological polar surface area (TPSA) is 9.23 Å². The van der Waals surface area contributed by atoms with E-state index in [0.29, 0.717) is 0 Å². The van der Waals surface area contributed by atoms with E-state index < -0.39 is 4.84 Å². The maximum Gasteiger partial charge on any atom is 0.137 e. The summed E-state index contributed by atoms with van der Waals surface area (Å²) in [6.45, 7) is 3.46. The van der Waals surface area contributed by atoms with Crippen molar-refractivity contribution in [3.63, 3.8) is 0 Å². The summed E-state index contributed by atoms with van der Waals surface area (Å²) < 4.78 is 4.78. The number of halogens is 2. The van der Waals surface area contributed by atoms with E-state index in [4.69, 9.17) is 27.9 Å². The lowest BCUT2D eigenvalue weighted by Crippen LogP contribution is -2.14. The van der Waals surface area contributed by atoms with Crippen molar-refractivity contribution in [3.8, 4) is 0 Å². The first-order valence-corrected chi connectivity index (χ1v) is 3.03. The highest BCUT2D eigenvalue weighted by Crippen LogP contribution is 2.10. The quantitative estimate of drug-likeness (QED) is 0.447. The van der Waals surface area contributed by atoms with Crippen LogP contribution >= 0.6 is 23.2 Å². The highest BCUT2D eigenvalue weighted by atomic mass is 35.5. The van der Waals surface area contributed by atoms with Crippen molar-refractivity contribution >= 4 is 23.2 Å². The Morgan fingerprint density at radius 2 is 2.12 bits per heavy atom. The van der Waals surface area contributed by atoms with Gasteiger partial charge in [-0.15, -0.1) is 29.8 Å². The lowest BCUT2D eigenvalue weighted by atomic mass is 10.4. The molecule has 0 saturated heterocycles. The minimum atomic E-state index is -0.516. The van der Waals surface area contributed by atoms with Gasteiger partial charge in [0.15, 0.2) is 0 Å². The second kappa shape index (κ2) is 4.19. The van der Waals surface area contributed by atoms with E-state index in [0.717, 1.165) is 0 Å². The van der Waals surface area contributed by atoms with Gasteiger partial charge >= 0.3 is 0 Å². The van der Waals surface area contributed by atoms with E-state index in [-0.39, 0.29) is 6.10 Å². The van der Waals surface area contributed by atoms with Gasteiger partial charge in [0.1, 0.15) is 10.9 Å². The predicted molar refractivity (Wildman–Crippen MR) is 36.5 cm³/mol. The highest BCUT2D eigenvalue weighted by molar-refractivity contribution is 6.44. The average Bonchev–Trinajstić information content (AvgIpc) is 1.69. The van der Waals surface area contributed by atoms with Crippen molar-refractivity contribution in [2.75, 3.05) is 7.11 Å². The number of alkyl halides is 2. The third-order valence-corrected chi connectivity index (χ3v) is 1.25. The molecule has 1 nitrogen and oxygen atoms in total. The van der Waals surface area contributed by atoms with Gasteiger partial charge in [0, 0.05) is 7.11 Å². The molecule has 0 N–H and O–H groups in total. The zero-order chi connectivity index (χ0) is 6.57. The fourth-order valence-electron chi connectivity index (χ4n) is 0.302. The van der Waals surface area contributed by atoms with Crippen LogP contribution < -0.4 is 0 Å². The van der Waals surface area contributed by atoms with Crippen LogP contribution in [0.2, 0.25) is 0 Å². The molecule has 0 aromatic rings. The normalized spacial score (nSPS) is 14.0. The molecule has 1 atom stereocenters. The summed E-state index contributed by atoms with van der Waals surface area (Å²) in [7, 11) is 1.53. The van der Waals surface area contributed by atoms with Crippen LogP contribution in [0.25, 0.3) is 0 Å². The molecule has 0 bridgehead atoms. The van der Waals surface area contributed by atoms with E-state index in [1.165, 1.54) is 7.11 Å². The lowest BCUT2D eigenvalue weighted by molar-refractivity contribution is 0.152. The van der Waals surface area contributed by atoms with E-state index in [1.54, 1.807) is 6.08 Å². The Balaban J connectivity index is 3.51. The molecule has 0 rings (SSSR count). The molecule has 0 amide bonds. The molecule has 0 aliphatic heterocycles. The molecule has 0 spiro atoms. The SMILES string of the molecule is C=CC(OC)C(Cl)Cl. The predicted octanol–water partition coefficient (Wildman–Crippen LogP) is 1.99. The van der Waals surface area contributed by atoms with Crippen LogP contribution in [-0.2, 0) is 4.74 Å². The Hall–Kier alpha value is 0.280. The molecule has 3 heteroatoms. The summed E-state index contributed by atoms with van der Waals surface area (Å²) in [4.78, 5) is -0.516. The van der Waals surface area contributed by atoms with Crippen LogP contribution in [0.4, 0.5) is 0 Å². The van der Waals surface area contributed by atoms with E-state index in [2.05, 4.69) is 6.58 Å². The molecular weight excluding hydrogens is 147 g/mol. The molecule has 0 fully saturated rings. The Morgan fingerprint density at radius 1 is 1.62 bits per heavy atom. The lowest BCUT2D eigenvalue weighted by Gasteiger charge is -2.09. The molecule has 0 radical (unpaired) electrons. The monoisotopic (exact) mass is 154 g/mol. The Labute approximate surface area is 59.2 Å². The summed E-state index contributed by atoms with van der Waals surface area (Å²) in [5, 5.41) is 0. The van der Waals surface area contributed by atoms with Crippen molar-refractivity contribution in [1.82, 2.24) is 0 Å². The van der Waals surface area contributed by atoms with Crippen LogP contribution in [-0.4, -0.2) is 18.1 Å². The molecule has 8 heavy (non-hydrogen) atoms. The minimum absolute atomic E-state index is 0.252. The number of ether oxygens (including phenoxy) is 1. The molecule has 0 saturated carbocycles. The zero-order valence-corrected chi connectivity index (χ0v) is 6.12. The summed E-state index contributed by atoms with van der Waals surface area (Å²) in [6, 6.07) is 0. The minimum Gasteiger partial charge on any atom is -0.375 e. The first kappa shape index (κ1) is 8.28. The Bertz CT molecular complexity index is 72.8. The second-order valence-electron chi connectivity index (χ2n) is 1.27. The molecule has 48 valence electrons. The standard InChI is InChI=1S/C5H8Cl2O/c1-3-4(8-2)5(6)7/h3-5H,1H2,2H3. The van der Waals surface area contributed by atoms with Gasteiger partial charge in [-0.3, -0.25) is 0 Å². The smallest absolute Gasteiger partial charge is 0.137 e. The van der Waals surface area contributed by atoms with Gasteiger partial charge in [-0.1, -0.05) is 6.08 Å². The maximum atomic E-state index is 5.41. The summed E-state index contributed by atoms with van der Waals surface area (Å²) in [5.41, 5.74) is 0. The molecule has 0 aromatic carbocycles. The van der Waals surface area contributed by atoms with Crippen molar-refractivity contribution in [3.05, 3.63) is 12.7 Å². The maximum absolute atomic E-state index is 5.41. The molecular formula is C5H8Cl2O. The fraction of sp³-hybridized carbons (Fsp3) is 0.600. The molecule has 0 heterocycles. The van der Waals surface area contributed by atoms with Gasteiger partial charge < -0.3 is 4.74 Å². The van der Waals surface area contributed by atoms with Crippen LogP contribution in [0.15, 0.2) is 12.7 Å². The Kier molecular flexibility index (Phi) is 4.33. The highest BCUT2D eigenvalue weighted by Gasteiger charge is 2.09. The molecule has 0 aliphatic rings. The fourth-order valence-corrected chi connectivity index (χ4v) is 0.713. The van der Waals surface area contributed by atoms with Crippen LogP contribution in [0.5, 0.6) is 0 Å². The zero-order valence-electron chi connectivity index (χ0n) is 4.60. The van der Waals surface area contributed by atoms with Gasteiger partial charge in [-0.2, -0.15) is 0 Å². The van der Waals surface area contributed by atoms with Gasteiger partial charge in [-0.25, -0.2) is 0 Å². The van der Waals surface area contributed by atoms with E-state index in [9.17, 15) is 0 Å². The summed E-state index contributed by atoms with van der Waals surface area (Å²) in [6.07, 6.45) is 1.31. The van der Waals surface area contributed by atoms with Gasteiger partial charge in [-0.05, 0) is 0 Å². The van der Waals surface area contributed by atoms with Crippen molar-refractivity contribution in [1.29, 1.82) is 0 Å². The number of hydrogen-bond donors (Lipinski definition) is 0. The van der Waals surface area contributed by atoms with Gasteiger partial charge in [0.05, 0.1) is 0 Å². The molecule has 0 aromatic heterocycles. The van der Waals surface area contributed by atoms with Gasteiger partial charge in [0.25, 0.3) is 0 Å². The first-order valence-electron chi connectivity index (χ1n) is 2.16. The first-order chi connectivity index (χ1) is 3.72. The summed E-state index contributed by atoms with van der Waals surface area (Å²) in [5.74, 6) is 0. The van der Waals surface area contributed by atoms with Gasteiger partial charge in [0.2, 0.25) is 0 Å². The van der Waals surface area contributed by atoms with Crippen molar-refractivity contribution in [2.24, 2.45) is 0 Å². The van der Waals surface area contributed by atoms with Crippen molar-refractivity contribution < 1.29 is 4.74 Å². The van der Waals surface area contributed by atoms with E-state index in [1.807, 2.05) is 0 Å². The number of hydrogen-bond acceptors (Lipinski definition) is 1. The average molecular weight is 155 g/mol. The number of methoxy groups -OCH3 is 1.